The molecule has 0 heterocycles. The SMILES string of the molecule is COc1cccc(C#N)c1NCCC(=O)NC1CC1. The van der Waals surface area contributed by atoms with Crippen molar-refractivity contribution in [3.8, 4) is 11.8 Å². The maximum Gasteiger partial charge on any atom is 0.221 e. The number of nitrogens with zero attached hydrogens (tertiary/aromatic N) is 1. The molecule has 0 radical (unpaired) electrons. The van der Waals surface area contributed by atoms with Crippen molar-refractivity contribution in [1.82, 2.24) is 5.32 Å². The number of nitriles is 1. The fourth-order valence-corrected chi connectivity index (χ4v) is 1.81. The molecule has 1 aliphatic carbocycles. The maximum absolute atomic E-state index is 11.5. The molecule has 0 bridgehead atoms. The Hall–Kier alpha value is -2.22. The highest BCUT2D eigenvalue weighted by atomic mass is 16.5. The highest BCUT2D eigenvalue weighted by Gasteiger charge is 2.22. The number of hydrogen-bond acceptors (Lipinski definition) is 4. The molecule has 19 heavy (non-hydrogen) atoms. The lowest BCUT2D eigenvalue weighted by Gasteiger charge is -2.12. The minimum atomic E-state index is 0.0448. The molecule has 0 aromatic heterocycles. The van der Waals surface area contributed by atoms with Gasteiger partial charge in [0, 0.05) is 19.0 Å². The van der Waals surface area contributed by atoms with Gasteiger partial charge in [-0.05, 0) is 25.0 Å². The standard InChI is InChI=1S/C14H17N3O2/c1-19-12-4-2-3-10(9-15)14(12)16-8-7-13(18)17-11-5-6-11/h2-4,11,16H,5-8H2,1H3,(H,17,18). The predicted molar refractivity (Wildman–Crippen MR) is 72.0 cm³/mol. The van der Waals surface area contributed by atoms with E-state index in [4.69, 9.17) is 10.00 Å². The van der Waals surface area contributed by atoms with Crippen LogP contribution in [0.4, 0.5) is 5.69 Å². The number of methoxy groups -OCH3 is 1. The van der Waals surface area contributed by atoms with Gasteiger partial charge in [-0.1, -0.05) is 6.07 Å². The van der Waals surface area contributed by atoms with Crippen LogP contribution in [0.2, 0.25) is 0 Å². The van der Waals surface area contributed by atoms with Crippen LogP contribution in [0, 0.1) is 11.3 Å². The molecule has 0 aliphatic heterocycles. The van der Waals surface area contributed by atoms with Crippen LogP contribution >= 0.6 is 0 Å². The van der Waals surface area contributed by atoms with Crippen LogP contribution in [0.3, 0.4) is 0 Å². The van der Waals surface area contributed by atoms with Crippen LogP contribution in [-0.4, -0.2) is 25.6 Å². The number of nitrogens with one attached hydrogen (secondary N) is 2. The minimum Gasteiger partial charge on any atom is -0.495 e. The highest BCUT2D eigenvalue weighted by molar-refractivity contribution is 5.77. The molecule has 5 heteroatoms. The first-order valence-corrected chi connectivity index (χ1v) is 6.35. The van der Waals surface area contributed by atoms with E-state index in [2.05, 4.69) is 16.7 Å². The van der Waals surface area contributed by atoms with Crippen LogP contribution in [0.25, 0.3) is 0 Å². The van der Waals surface area contributed by atoms with Crippen molar-refractivity contribution in [2.75, 3.05) is 19.0 Å². The Morgan fingerprint density at radius 3 is 2.95 bits per heavy atom. The monoisotopic (exact) mass is 259 g/mol. The molecule has 1 amide bonds. The second-order valence-electron chi connectivity index (χ2n) is 4.51. The molecule has 2 N–H and O–H groups in total. The summed E-state index contributed by atoms with van der Waals surface area (Å²) in [6, 6.07) is 7.76. The normalized spacial score (nSPS) is 13.5. The molecule has 1 aliphatic rings. The molecule has 100 valence electrons. The van der Waals surface area contributed by atoms with Gasteiger partial charge in [-0.2, -0.15) is 5.26 Å². The Morgan fingerprint density at radius 2 is 2.32 bits per heavy atom. The lowest BCUT2D eigenvalue weighted by Crippen LogP contribution is -2.27. The number of rotatable bonds is 6. The largest absolute Gasteiger partial charge is 0.495 e. The Bertz CT molecular complexity index is 504. The second-order valence-corrected chi connectivity index (χ2v) is 4.51. The zero-order valence-corrected chi connectivity index (χ0v) is 10.9. The molecule has 1 aromatic rings. The molecule has 5 nitrogen and oxygen atoms in total. The first-order valence-electron chi connectivity index (χ1n) is 6.35. The fourth-order valence-electron chi connectivity index (χ4n) is 1.81. The predicted octanol–water partition coefficient (Wildman–Crippen LogP) is 1.65. The number of carbonyl (C=O) groups is 1. The van der Waals surface area contributed by atoms with E-state index in [0.717, 1.165) is 12.8 Å². The summed E-state index contributed by atoms with van der Waals surface area (Å²) in [7, 11) is 1.56. The van der Waals surface area contributed by atoms with Gasteiger partial charge in [0.15, 0.2) is 0 Å². The van der Waals surface area contributed by atoms with E-state index >= 15 is 0 Å². The number of anilines is 1. The first kappa shape index (κ1) is 13.2. The van der Waals surface area contributed by atoms with Crippen LogP contribution in [0.5, 0.6) is 5.75 Å². The summed E-state index contributed by atoms with van der Waals surface area (Å²) in [5, 5.41) is 15.1. The third-order valence-corrected chi connectivity index (χ3v) is 2.96. The molecule has 0 unspecified atom stereocenters. The number of ether oxygens (including phenoxy) is 1. The van der Waals surface area contributed by atoms with Gasteiger partial charge in [-0.15, -0.1) is 0 Å². The minimum absolute atomic E-state index is 0.0448. The summed E-state index contributed by atoms with van der Waals surface area (Å²) >= 11 is 0. The smallest absolute Gasteiger partial charge is 0.221 e. The summed E-state index contributed by atoms with van der Waals surface area (Å²) in [5.41, 5.74) is 1.16. The molecule has 1 aromatic carbocycles. The van der Waals surface area contributed by atoms with Gasteiger partial charge in [0.05, 0.1) is 18.4 Å². The summed E-state index contributed by atoms with van der Waals surface area (Å²) in [6.07, 6.45) is 2.56. The van der Waals surface area contributed by atoms with Crippen molar-refractivity contribution in [3.63, 3.8) is 0 Å². The van der Waals surface area contributed by atoms with Crippen molar-refractivity contribution in [2.45, 2.75) is 25.3 Å². The Kier molecular flexibility index (Phi) is 4.24. The summed E-state index contributed by atoms with van der Waals surface area (Å²) in [5.74, 6) is 0.657. The van der Waals surface area contributed by atoms with E-state index in [0.29, 0.717) is 36.0 Å². The van der Waals surface area contributed by atoms with Crippen molar-refractivity contribution in [2.24, 2.45) is 0 Å². The number of benzene rings is 1. The summed E-state index contributed by atoms with van der Waals surface area (Å²) in [6.45, 7) is 0.480. The fraction of sp³-hybridized carbons (Fsp3) is 0.429. The summed E-state index contributed by atoms with van der Waals surface area (Å²) in [4.78, 5) is 11.5. The molecule has 0 saturated heterocycles. The molecule has 1 fully saturated rings. The zero-order valence-electron chi connectivity index (χ0n) is 10.9. The molecule has 0 spiro atoms. The van der Waals surface area contributed by atoms with E-state index in [1.807, 2.05) is 0 Å². The van der Waals surface area contributed by atoms with E-state index in [1.54, 1.807) is 25.3 Å². The molecule has 0 atom stereocenters. The third-order valence-electron chi connectivity index (χ3n) is 2.96. The Balaban J connectivity index is 1.90. The van der Waals surface area contributed by atoms with Gasteiger partial charge in [-0.25, -0.2) is 0 Å². The van der Waals surface area contributed by atoms with Gasteiger partial charge in [-0.3, -0.25) is 4.79 Å². The number of hydrogen-bond donors (Lipinski definition) is 2. The maximum atomic E-state index is 11.5. The van der Waals surface area contributed by atoms with E-state index in [1.165, 1.54) is 0 Å². The molecule has 1 saturated carbocycles. The molecule has 2 rings (SSSR count). The van der Waals surface area contributed by atoms with Crippen LogP contribution < -0.4 is 15.4 Å². The van der Waals surface area contributed by atoms with Gasteiger partial charge in [0.2, 0.25) is 5.91 Å². The lowest BCUT2D eigenvalue weighted by molar-refractivity contribution is -0.120. The van der Waals surface area contributed by atoms with Gasteiger partial charge < -0.3 is 15.4 Å². The van der Waals surface area contributed by atoms with Crippen molar-refractivity contribution < 1.29 is 9.53 Å². The highest BCUT2D eigenvalue weighted by Crippen LogP contribution is 2.27. The molecular formula is C14H17N3O2. The number of amides is 1. The van der Waals surface area contributed by atoms with Gasteiger partial charge >= 0.3 is 0 Å². The first-order chi connectivity index (χ1) is 9.24. The van der Waals surface area contributed by atoms with Crippen molar-refractivity contribution in [1.29, 1.82) is 5.26 Å². The Labute approximate surface area is 112 Å². The van der Waals surface area contributed by atoms with Gasteiger partial charge in [0.25, 0.3) is 0 Å². The average molecular weight is 259 g/mol. The topological polar surface area (TPSA) is 74.1 Å². The lowest BCUT2D eigenvalue weighted by atomic mass is 10.1. The average Bonchev–Trinajstić information content (AvgIpc) is 3.22. The quantitative estimate of drug-likeness (QED) is 0.814. The summed E-state index contributed by atoms with van der Waals surface area (Å²) < 4.78 is 5.21. The second kappa shape index (κ2) is 6.10. The van der Waals surface area contributed by atoms with Gasteiger partial charge in [0.1, 0.15) is 11.8 Å². The third kappa shape index (κ3) is 3.62. The van der Waals surface area contributed by atoms with Crippen LogP contribution in [0.15, 0.2) is 18.2 Å². The van der Waals surface area contributed by atoms with E-state index in [9.17, 15) is 4.79 Å². The van der Waals surface area contributed by atoms with Crippen molar-refractivity contribution in [3.05, 3.63) is 23.8 Å². The van der Waals surface area contributed by atoms with E-state index < -0.39 is 0 Å². The van der Waals surface area contributed by atoms with Crippen molar-refractivity contribution >= 4 is 11.6 Å². The number of carbonyl (C=O) groups excluding carboxylic acids is 1. The zero-order chi connectivity index (χ0) is 13.7. The van der Waals surface area contributed by atoms with E-state index in [-0.39, 0.29) is 5.91 Å². The number of para-hydroxylation sites is 1. The Morgan fingerprint density at radius 1 is 1.53 bits per heavy atom. The van der Waals surface area contributed by atoms with Crippen LogP contribution in [0.1, 0.15) is 24.8 Å². The van der Waals surface area contributed by atoms with Crippen LogP contribution in [-0.2, 0) is 4.79 Å². The molecular weight excluding hydrogens is 242 g/mol.